The van der Waals surface area contributed by atoms with E-state index in [0.29, 0.717) is 10.6 Å². The van der Waals surface area contributed by atoms with Crippen molar-refractivity contribution < 1.29 is 22.7 Å². The zero-order chi connectivity index (χ0) is 17.7. The number of methoxy groups -OCH3 is 1. The molecule has 2 amide bonds. The summed E-state index contributed by atoms with van der Waals surface area (Å²) in [5.41, 5.74) is 0.740. The van der Waals surface area contributed by atoms with Crippen LogP contribution in [0, 0.1) is 0 Å². The summed E-state index contributed by atoms with van der Waals surface area (Å²) in [5, 5.41) is 0.698. The number of likely N-dealkylation sites (N-methyl/N-ethyl adjacent to an activating group) is 1. The molecule has 0 aliphatic carbocycles. The molecule has 126 valence electrons. The van der Waals surface area contributed by atoms with E-state index in [1.165, 1.54) is 25.1 Å². The van der Waals surface area contributed by atoms with E-state index in [4.69, 9.17) is 4.74 Å². The number of benzene rings is 1. The molecule has 0 aromatic heterocycles. The third-order valence-corrected chi connectivity index (χ3v) is 3.63. The Labute approximate surface area is 136 Å². The van der Waals surface area contributed by atoms with E-state index in [0.717, 1.165) is 0 Å². The number of carbonyl (C=O) groups excluding carboxylic acids is 2. The van der Waals surface area contributed by atoms with E-state index in [-0.39, 0.29) is 17.2 Å². The summed E-state index contributed by atoms with van der Waals surface area (Å²) in [5.74, 6) is -0.968. The Balaban J connectivity index is 3.31. The minimum Gasteiger partial charge on any atom is -0.496 e. The number of rotatable bonds is 5. The molecule has 0 saturated heterocycles. The fraction of sp³-hybridized carbons (Fsp3) is 0.429. The topological polar surface area (TPSA) is 96.3 Å². The summed E-state index contributed by atoms with van der Waals surface area (Å²) in [4.78, 5) is 25.8. The van der Waals surface area contributed by atoms with E-state index in [2.05, 4.69) is 4.47 Å². The molecule has 0 N–H and O–H groups in total. The summed E-state index contributed by atoms with van der Waals surface area (Å²) in [6.45, 7) is 1.72. The Kier molecular flexibility index (Phi) is 6.26. The van der Waals surface area contributed by atoms with Gasteiger partial charge < -0.3 is 9.64 Å². The van der Waals surface area contributed by atoms with Gasteiger partial charge in [-0.2, -0.15) is 8.42 Å². The Morgan fingerprint density at radius 1 is 1.22 bits per heavy atom. The molecule has 1 rings (SSSR count). The molecule has 1 atom stereocenters. The van der Waals surface area contributed by atoms with Crippen LogP contribution < -0.4 is 4.74 Å². The summed E-state index contributed by atoms with van der Waals surface area (Å²) >= 11 is 0. The number of carbonyl (C=O) groups is 2. The summed E-state index contributed by atoms with van der Waals surface area (Å²) < 4.78 is 29.5. The van der Waals surface area contributed by atoms with Gasteiger partial charge in [-0.05, 0) is 29.1 Å². The molecule has 0 aliphatic rings. The SMILES string of the molecule is COc1ccc(C(C)C(=O)N(C)C)cc1C(=O)N(C)N=S(=O)=O. The van der Waals surface area contributed by atoms with Gasteiger partial charge in [0, 0.05) is 21.1 Å². The lowest BCUT2D eigenvalue weighted by atomic mass is 9.97. The lowest BCUT2D eigenvalue weighted by molar-refractivity contribution is -0.129. The quantitative estimate of drug-likeness (QED) is 0.743. The van der Waals surface area contributed by atoms with Crippen molar-refractivity contribution in [3.8, 4) is 5.75 Å². The predicted molar refractivity (Wildman–Crippen MR) is 83.5 cm³/mol. The van der Waals surface area contributed by atoms with Crippen molar-refractivity contribution >= 4 is 22.3 Å². The highest BCUT2D eigenvalue weighted by molar-refractivity contribution is 7.61. The molecule has 8 nitrogen and oxygen atoms in total. The highest BCUT2D eigenvalue weighted by Crippen LogP contribution is 2.26. The Morgan fingerprint density at radius 3 is 2.30 bits per heavy atom. The molecule has 0 spiro atoms. The molecule has 0 bridgehead atoms. The second-order valence-electron chi connectivity index (χ2n) is 5.04. The van der Waals surface area contributed by atoms with Crippen LogP contribution in [-0.2, 0) is 15.3 Å². The zero-order valence-electron chi connectivity index (χ0n) is 13.6. The standard InChI is InChI=1S/C14H19N3O5S/c1-9(13(18)16(2)3)10-6-7-12(22-5)11(8-10)14(19)17(4)15-23(20)21/h6-9H,1-5H3. The molecule has 1 aromatic rings. The van der Waals surface area contributed by atoms with Gasteiger partial charge in [-0.25, -0.2) is 5.01 Å². The first-order valence-electron chi connectivity index (χ1n) is 6.67. The van der Waals surface area contributed by atoms with Crippen LogP contribution in [0.2, 0.25) is 0 Å². The summed E-state index contributed by atoms with van der Waals surface area (Å²) in [6.07, 6.45) is 0. The number of amides is 2. The van der Waals surface area contributed by atoms with Gasteiger partial charge in [0.15, 0.2) is 0 Å². The van der Waals surface area contributed by atoms with Crippen molar-refractivity contribution in [3.63, 3.8) is 0 Å². The van der Waals surface area contributed by atoms with Crippen molar-refractivity contribution in [3.05, 3.63) is 29.3 Å². The first-order valence-corrected chi connectivity index (χ1v) is 7.70. The molecule has 0 heterocycles. The molecular formula is C14H19N3O5S. The highest BCUT2D eigenvalue weighted by atomic mass is 32.2. The zero-order valence-corrected chi connectivity index (χ0v) is 14.4. The van der Waals surface area contributed by atoms with Crippen LogP contribution in [0.4, 0.5) is 0 Å². The van der Waals surface area contributed by atoms with Crippen LogP contribution >= 0.6 is 0 Å². The van der Waals surface area contributed by atoms with Crippen molar-refractivity contribution in [2.75, 3.05) is 28.3 Å². The van der Waals surface area contributed by atoms with Crippen molar-refractivity contribution in [1.29, 1.82) is 0 Å². The maximum absolute atomic E-state index is 12.3. The van der Waals surface area contributed by atoms with Gasteiger partial charge in [0.25, 0.3) is 5.91 Å². The van der Waals surface area contributed by atoms with Gasteiger partial charge in [-0.15, -0.1) is 0 Å². The van der Waals surface area contributed by atoms with Crippen LogP contribution in [0.25, 0.3) is 0 Å². The highest BCUT2D eigenvalue weighted by Gasteiger charge is 2.22. The van der Waals surface area contributed by atoms with Gasteiger partial charge >= 0.3 is 10.5 Å². The molecule has 23 heavy (non-hydrogen) atoms. The van der Waals surface area contributed by atoms with Gasteiger partial charge in [0.05, 0.1) is 18.6 Å². The molecule has 1 aromatic carbocycles. The van der Waals surface area contributed by atoms with E-state index in [1.807, 2.05) is 0 Å². The van der Waals surface area contributed by atoms with E-state index < -0.39 is 22.3 Å². The second kappa shape index (κ2) is 7.73. The maximum atomic E-state index is 12.3. The van der Waals surface area contributed by atoms with Crippen molar-refractivity contribution in [2.45, 2.75) is 12.8 Å². The van der Waals surface area contributed by atoms with Crippen molar-refractivity contribution in [1.82, 2.24) is 9.91 Å². The Hall–Kier alpha value is -2.42. The van der Waals surface area contributed by atoms with E-state index >= 15 is 0 Å². The van der Waals surface area contributed by atoms with Gasteiger partial charge in [-0.1, -0.05) is 6.07 Å². The second-order valence-corrected chi connectivity index (χ2v) is 5.64. The minimum absolute atomic E-state index is 0.118. The summed E-state index contributed by atoms with van der Waals surface area (Å²) in [6, 6.07) is 4.75. The molecule has 1 unspecified atom stereocenters. The van der Waals surface area contributed by atoms with Crippen LogP contribution in [0.15, 0.2) is 22.7 Å². The van der Waals surface area contributed by atoms with Gasteiger partial charge in [0.1, 0.15) is 5.75 Å². The molecule has 0 radical (unpaired) electrons. The number of ether oxygens (including phenoxy) is 1. The summed E-state index contributed by atoms with van der Waals surface area (Å²) in [7, 11) is 3.15. The largest absolute Gasteiger partial charge is 0.496 e. The van der Waals surface area contributed by atoms with Crippen LogP contribution in [0.1, 0.15) is 28.8 Å². The Bertz CT molecular complexity index is 735. The van der Waals surface area contributed by atoms with Crippen LogP contribution in [0.5, 0.6) is 5.75 Å². The lowest BCUT2D eigenvalue weighted by Gasteiger charge is -2.19. The van der Waals surface area contributed by atoms with Gasteiger partial charge in [-0.3, -0.25) is 9.59 Å². The normalized spacial score (nSPS) is 11.3. The fourth-order valence-corrected chi connectivity index (χ4v) is 2.28. The third-order valence-electron chi connectivity index (χ3n) is 3.25. The van der Waals surface area contributed by atoms with Crippen LogP contribution in [-0.4, -0.2) is 58.4 Å². The maximum Gasteiger partial charge on any atom is 0.333 e. The predicted octanol–water partition coefficient (Wildman–Crippen LogP) is 0.937. The van der Waals surface area contributed by atoms with Gasteiger partial charge in [0.2, 0.25) is 5.91 Å². The first-order chi connectivity index (χ1) is 10.7. The lowest BCUT2D eigenvalue weighted by Crippen LogP contribution is -2.27. The molecular weight excluding hydrogens is 322 g/mol. The van der Waals surface area contributed by atoms with E-state index in [9.17, 15) is 18.0 Å². The molecule has 0 aliphatic heterocycles. The number of hydrogen-bond acceptors (Lipinski definition) is 6. The smallest absolute Gasteiger partial charge is 0.333 e. The average Bonchev–Trinajstić information content (AvgIpc) is 2.51. The van der Waals surface area contributed by atoms with E-state index in [1.54, 1.807) is 33.2 Å². The average molecular weight is 341 g/mol. The molecule has 9 heteroatoms. The minimum atomic E-state index is -2.75. The monoisotopic (exact) mass is 341 g/mol. The Morgan fingerprint density at radius 2 is 1.83 bits per heavy atom. The fourth-order valence-electron chi connectivity index (χ4n) is 2.00. The van der Waals surface area contributed by atoms with Crippen molar-refractivity contribution in [2.24, 2.45) is 4.47 Å². The third kappa shape index (κ3) is 4.52. The molecule has 0 fully saturated rings. The van der Waals surface area contributed by atoms with Crippen LogP contribution in [0.3, 0.4) is 0 Å². The number of hydrogen-bond donors (Lipinski definition) is 0. The number of nitrogens with zero attached hydrogens (tertiary/aromatic N) is 3. The first kappa shape index (κ1) is 18.6. The molecule has 0 saturated carbocycles.